The zero-order valence-electron chi connectivity index (χ0n) is 11.7. The number of hydrogen-bond acceptors (Lipinski definition) is 3. The van der Waals surface area contributed by atoms with Gasteiger partial charge in [0.1, 0.15) is 4.90 Å². The Labute approximate surface area is 126 Å². The molecule has 1 aromatic rings. The van der Waals surface area contributed by atoms with E-state index < -0.39 is 10.0 Å². The number of anilines is 1. The number of hydrogen-bond donors (Lipinski definition) is 1. The highest BCUT2D eigenvalue weighted by Crippen LogP contribution is 2.28. The van der Waals surface area contributed by atoms with Crippen molar-refractivity contribution in [1.29, 1.82) is 0 Å². The van der Waals surface area contributed by atoms with Crippen LogP contribution in [0.2, 0.25) is 5.02 Å². The summed E-state index contributed by atoms with van der Waals surface area (Å²) in [5, 5.41) is 0.379. The minimum absolute atomic E-state index is 0.100. The molecular weight excluding hydrogens is 296 g/mol. The molecule has 1 aromatic carbocycles. The van der Waals surface area contributed by atoms with Crippen molar-refractivity contribution in [3.8, 4) is 0 Å². The first-order chi connectivity index (χ1) is 9.41. The van der Waals surface area contributed by atoms with E-state index in [-0.39, 0.29) is 10.6 Å². The van der Waals surface area contributed by atoms with Gasteiger partial charge >= 0.3 is 0 Å². The predicted octanol–water partition coefficient (Wildman–Crippen LogP) is 3.12. The third kappa shape index (κ3) is 3.45. The molecule has 1 aliphatic rings. The van der Waals surface area contributed by atoms with Gasteiger partial charge in [0, 0.05) is 18.6 Å². The molecule has 1 fully saturated rings. The van der Waals surface area contributed by atoms with E-state index in [1.165, 1.54) is 35.7 Å². The lowest BCUT2D eigenvalue weighted by Gasteiger charge is -2.27. The van der Waals surface area contributed by atoms with Crippen LogP contribution in [0.15, 0.2) is 23.1 Å². The molecule has 0 aliphatic heterocycles. The highest BCUT2D eigenvalue weighted by molar-refractivity contribution is 7.89. The lowest BCUT2D eigenvalue weighted by Crippen LogP contribution is -2.33. The van der Waals surface area contributed by atoms with Crippen molar-refractivity contribution in [2.45, 2.75) is 37.0 Å². The summed E-state index contributed by atoms with van der Waals surface area (Å²) >= 11 is 5.88. The van der Waals surface area contributed by atoms with E-state index >= 15 is 0 Å². The Morgan fingerprint density at radius 3 is 2.60 bits per heavy atom. The van der Waals surface area contributed by atoms with Crippen molar-refractivity contribution in [3.05, 3.63) is 23.2 Å². The summed E-state index contributed by atoms with van der Waals surface area (Å²) in [7, 11) is -1.95. The molecule has 0 radical (unpaired) electrons. The lowest BCUT2D eigenvalue weighted by atomic mass is 9.89. The maximum atomic E-state index is 12.6. The van der Waals surface area contributed by atoms with Gasteiger partial charge in [0.05, 0.1) is 5.69 Å². The van der Waals surface area contributed by atoms with Crippen LogP contribution < -0.4 is 5.73 Å². The first kappa shape index (κ1) is 15.6. The molecule has 0 heterocycles. The van der Waals surface area contributed by atoms with E-state index in [1.54, 1.807) is 13.1 Å². The molecule has 0 spiro atoms. The second-order valence-electron chi connectivity index (χ2n) is 5.47. The average molecular weight is 317 g/mol. The van der Waals surface area contributed by atoms with Gasteiger partial charge in [-0.3, -0.25) is 0 Å². The van der Waals surface area contributed by atoms with Gasteiger partial charge in [-0.15, -0.1) is 0 Å². The standard InChI is InChI=1S/C14H21ClN2O2S/c1-17(10-11-5-3-2-4-6-11)20(18,19)14-9-12(15)7-8-13(14)16/h7-9,11H,2-6,10,16H2,1H3. The molecule has 0 aromatic heterocycles. The van der Waals surface area contributed by atoms with Crippen molar-refractivity contribution < 1.29 is 8.42 Å². The van der Waals surface area contributed by atoms with E-state index in [1.807, 2.05) is 0 Å². The Morgan fingerprint density at radius 1 is 1.30 bits per heavy atom. The Balaban J connectivity index is 2.18. The molecule has 0 amide bonds. The molecule has 1 saturated carbocycles. The van der Waals surface area contributed by atoms with Crippen LogP contribution >= 0.6 is 11.6 Å². The van der Waals surface area contributed by atoms with Gasteiger partial charge in [0.15, 0.2) is 0 Å². The van der Waals surface area contributed by atoms with Gasteiger partial charge in [-0.25, -0.2) is 12.7 Å². The van der Waals surface area contributed by atoms with Gasteiger partial charge < -0.3 is 5.73 Å². The predicted molar refractivity (Wildman–Crippen MR) is 82.3 cm³/mol. The van der Waals surface area contributed by atoms with Crippen LogP contribution in [0.1, 0.15) is 32.1 Å². The highest BCUT2D eigenvalue weighted by atomic mass is 35.5. The minimum Gasteiger partial charge on any atom is -0.398 e. The van der Waals surface area contributed by atoms with Crippen LogP contribution in [0.4, 0.5) is 5.69 Å². The van der Waals surface area contributed by atoms with Gasteiger partial charge in [-0.05, 0) is 37.0 Å². The molecule has 112 valence electrons. The summed E-state index contributed by atoms with van der Waals surface area (Å²) in [6.07, 6.45) is 5.85. The quantitative estimate of drug-likeness (QED) is 0.868. The fourth-order valence-corrected chi connectivity index (χ4v) is 4.35. The normalized spacial score (nSPS) is 17.6. The number of rotatable bonds is 4. The number of nitrogen functional groups attached to an aromatic ring is 1. The highest BCUT2D eigenvalue weighted by Gasteiger charge is 2.26. The van der Waals surface area contributed by atoms with E-state index in [0.29, 0.717) is 17.5 Å². The fourth-order valence-electron chi connectivity index (χ4n) is 2.73. The van der Waals surface area contributed by atoms with Gasteiger partial charge in [-0.2, -0.15) is 0 Å². The average Bonchev–Trinajstić information content (AvgIpc) is 2.42. The van der Waals surface area contributed by atoms with Crippen molar-refractivity contribution in [3.63, 3.8) is 0 Å². The van der Waals surface area contributed by atoms with Crippen molar-refractivity contribution >= 4 is 27.3 Å². The molecule has 0 saturated heterocycles. The van der Waals surface area contributed by atoms with Crippen molar-refractivity contribution in [2.24, 2.45) is 5.92 Å². The molecule has 0 unspecified atom stereocenters. The molecule has 2 rings (SSSR count). The van der Waals surface area contributed by atoms with E-state index in [4.69, 9.17) is 17.3 Å². The monoisotopic (exact) mass is 316 g/mol. The summed E-state index contributed by atoms with van der Waals surface area (Å²) in [5.41, 5.74) is 6.02. The first-order valence-corrected chi connectivity index (χ1v) is 8.74. The van der Waals surface area contributed by atoms with Gasteiger partial charge in [0.2, 0.25) is 10.0 Å². The molecule has 0 bridgehead atoms. The molecule has 6 heteroatoms. The van der Waals surface area contributed by atoms with E-state index in [0.717, 1.165) is 12.8 Å². The van der Waals surface area contributed by atoms with E-state index in [2.05, 4.69) is 0 Å². The molecule has 2 N–H and O–H groups in total. The molecule has 1 aliphatic carbocycles. The third-order valence-electron chi connectivity index (χ3n) is 3.90. The maximum absolute atomic E-state index is 12.6. The summed E-state index contributed by atoms with van der Waals surface area (Å²) in [4.78, 5) is 0.100. The Morgan fingerprint density at radius 2 is 1.95 bits per heavy atom. The SMILES string of the molecule is CN(CC1CCCCC1)S(=O)(=O)c1cc(Cl)ccc1N. The van der Waals surface area contributed by atoms with Crippen molar-refractivity contribution in [2.75, 3.05) is 19.3 Å². The number of nitrogens with two attached hydrogens (primary N) is 1. The van der Waals surface area contributed by atoms with Crippen molar-refractivity contribution in [1.82, 2.24) is 4.31 Å². The lowest BCUT2D eigenvalue weighted by molar-refractivity contribution is 0.300. The maximum Gasteiger partial charge on any atom is 0.244 e. The number of nitrogens with zero attached hydrogens (tertiary/aromatic N) is 1. The molecular formula is C14H21ClN2O2S. The molecule has 4 nitrogen and oxygen atoms in total. The Kier molecular flexibility index (Phi) is 4.94. The summed E-state index contributed by atoms with van der Waals surface area (Å²) in [6, 6.07) is 4.55. The van der Waals surface area contributed by atoms with Crippen LogP contribution in [0, 0.1) is 5.92 Å². The topological polar surface area (TPSA) is 63.4 Å². The molecule has 20 heavy (non-hydrogen) atoms. The van der Waals surface area contributed by atoms with Crippen LogP contribution in [-0.2, 0) is 10.0 Å². The largest absolute Gasteiger partial charge is 0.398 e. The molecule has 0 atom stereocenters. The third-order valence-corrected chi connectivity index (χ3v) is 6.02. The van der Waals surface area contributed by atoms with Crippen LogP contribution in [0.5, 0.6) is 0 Å². The first-order valence-electron chi connectivity index (χ1n) is 6.92. The Hall–Kier alpha value is -0.780. The Bertz CT molecular complexity index is 569. The summed E-state index contributed by atoms with van der Waals surface area (Å²) < 4.78 is 26.5. The zero-order chi connectivity index (χ0) is 14.8. The van der Waals surface area contributed by atoms with Crippen LogP contribution in [0.25, 0.3) is 0 Å². The second-order valence-corrected chi connectivity index (χ2v) is 7.92. The number of halogens is 1. The van der Waals surface area contributed by atoms with Gasteiger partial charge in [-0.1, -0.05) is 30.9 Å². The smallest absolute Gasteiger partial charge is 0.244 e. The summed E-state index contributed by atoms with van der Waals surface area (Å²) in [6.45, 7) is 0.550. The van der Waals surface area contributed by atoms with Crippen LogP contribution in [-0.4, -0.2) is 26.3 Å². The zero-order valence-corrected chi connectivity index (χ0v) is 13.3. The summed E-state index contributed by atoms with van der Waals surface area (Å²) in [5.74, 6) is 0.448. The number of sulfonamides is 1. The van der Waals surface area contributed by atoms with Gasteiger partial charge in [0.25, 0.3) is 0 Å². The minimum atomic E-state index is -3.57. The fraction of sp³-hybridized carbons (Fsp3) is 0.571. The van der Waals surface area contributed by atoms with E-state index in [9.17, 15) is 8.42 Å². The second kappa shape index (κ2) is 6.33. The number of benzene rings is 1. The van der Waals surface area contributed by atoms with Crippen LogP contribution in [0.3, 0.4) is 0 Å².